The van der Waals surface area contributed by atoms with Gasteiger partial charge in [-0.2, -0.15) is 5.10 Å². The molecule has 0 unspecified atom stereocenters. The molecule has 0 atom stereocenters. The Hall–Kier alpha value is -3.57. The summed E-state index contributed by atoms with van der Waals surface area (Å²) in [5.74, 6) is -1.14. The Labute approximate surface area is 219 Å². The largest absolute Gasteiger partial charge is 0.383 e. The van der Waals surface area contributed by atoms with Gasteiger partial charge in [0.15, 0.2) is 0 Å². The fraction of sp³-hybridized carbons (Fsp3) is 0.333. The van der Waals surface area contributed by atoms with E-state index in [1.807, 2.05) is 10.9 Å². The third kappa shape index (κ3) is 4.39. The summed E-state index contributed by atoms with van der Waals surface area (Å²) < 4.78 is 58.8. The second-order valence-electron chi connectivity index (χ2n) is 10.2. The van der Waals surface area contributed by atoms with Crippen molar-refractivity contribution in [1.29, 1.82) is 0 Å². The monoisotopic (exact) mass is 538 g/mol. The molecular weight excluding hydrogens is 510 g/mol. The van der Waals surface area contributed by atoms with Gasteiger partial charge in [0.1, 0.15) is 28.0 Å². The molecule has 2 aromatic heterocycles. The number of rotatable bonds is 6. The van der Waals surface area contributed by atoms with Crippen LogP contribution < -0.4 is 16.2 Å². The average molecular weight is 539 g/mol. The lowest BCUT2D eigenvalue weighted by molar-refractivity contribution is 0.395. The van der Waals surface area contributed by atoms with Gasteiger partial charge >= 0.3 is 0 Å². The maximum atomic E-state index is 15.3. The number of hydrogen-bond acceptors (Lipinski definition) is 6. The molecule has 5 N–H and O–H groups in total. The van der Waals surface area contributed by atoms with E-state index in [0.29, 0.717) is 28.4 Å². The van der Waals surface area contributed by atoms with Crippen molar-refractivity contribution in [3.05, 3.63) is 65.9 Å². The van der Waals surface area contributed by atoms with E-state index in [4.69, 9.17) is 16.6 Å². The number of halogens is 2. The topological polar surface area (TPSA) is 129 Å². The molecule has 6 rings (SSSR count). The van der Waals surface area contributed by atoms with Crippen LogP contribution in [-0.2, 0) is 10.0 Å². The average Bonchev–Trinajstić information content (AvgIpc) is 3.66. The number of nitrogens with two attached hydrogens (primary N) is 2. The number of nitrogens with zero attached hydrogens (tertiary/aromatic N) is 3. The van der Waals surface area contributed by atoms with Gasteiger partial charge in [-0.3, -0.25) is 9.40 Å². The maximum Gasteiger partial charge on any atom is 0.264 e. The fourth-order valence-corrected chi connectivity index (χ4v) is 6.49. The number of aromatic nitrogens is 3. The van der Waals surface area contributed by atoms with Crippen molar-refractivity contribution in [3.63, 3.8) is 0 Å². The molecule has 2 heterocycles. The van der Waals surface area contributed by atoms with E-state index < -0.39 is 26.6 Å². The predicted molar refractivity (Wildman–Crippen MR) is 142 cm³/mol. The number of benzene rings is 2. The van der Waals surface area contributed by atoms with Crippen LogP contribution in [0.15, 0.2) is 53.6 Å². The highest BCUT2D eigenvalue weighted by molar-refractivity contribution is 7.92. The molecule has 2 saturated carbocycles. The van der Waals surface area contributed by atoms with Crippen LogP contribution in [0.25, 0.3) is 22.2 Å². The number of pyridine rings is 1. The summed E-state index contributed by atoms with van der Waals surface area (Å²) in [5.41, 5.74) is 15.2. The summed E-state index contributed by atoms with van der Waals surface area (Å²) in [5, 5.41) is 5.54. The summed E-state index contributed by atoms with van der Waals surface area (Å²) in [6, 6.07) is 9.48. The van der Waals surface area contributed by atoms with E-state index >= 15 is 4.39 Å². The van der Waals surface area contributed by atoms with Gasteiger partial charge in [-0.1, -0.05) is 18.2 Å². The Morgan fingerprint density at radius 2 is 1.71 bits per heavy atom. The highest BCUT2D eigenvalue weighted by Crippen LogP contribution is 2.45. The fourth-order valence-electron chi connectivity index (χ4n) is 5.34. The Kier molecular flexibility index (Phi) is 6.07. The van der Waals surface area contributed by atoms with E-state index in [1.165, 1.54) is 24.3 Å². The van der Waals surface area contributed by atoms with Gasteiger partial charge in [-0.25, -0.2) is 22.2 Å². The van der Waals surface area contributed by atoms with Crippen molar-refractivity contribution in [1.82, 2.24) is 14.8 Å². The molecule has 4 aromatic rings. The molecule has 2 fully saturated rings. The number of anilines is 2. The second kappa shape index (κ2) is 9.32. The Morgan fingerprint density at radius 3 is 2.39 bits per heavy atom. The number of sulfonamides is 1. The first-order chi connectivity index (χ1) is 18.2. The zero-order valence-electron chi connectivity index (χ0n) is 20.6. The lowest BCUT2D eigenvalue weighted by Gasteiger charge is -2.27. The number of nitrogens with one attached hydrogen (secondary N) is 1. The molecule has 0 bridgehead atoms. The third-order valence-corrected chi connectivity index (χ3v) is 8.90. The molecule has 11 heteroatoms. The zero-order valence-corrected chi connectivity index (χ0v) is 21.4. The van der Waals surface area contributed by atoms with Crippen LogP contribution >= 0.6 is 0 Å². The molecule has 0 saturated heterocycles. The van der Waals surface area contributed by atoms with E-state index in [-0.39, 0.29) is 17.8 Å². The van der Waals surface area contributed by atoms with Gasteiger partial charge in [0, 0.05) is 17.8 Å². The molecule has 0 radical (unpaired) electrons. The first-order valence-electron chi connectivity index (χ1n) is 12.7. The van der Waals surface area contributed by atoms with Gasteiger partial charge in [-0.15, -0.1) is 0 Å². The minimum absolute atomic E-state index is 0.213. The highest BCUT2D eigenvalue weighted by Gasteiger charge is 2.32. The molecular formula is C27H28F2N6O2S. The first kappa shape index (κ1) is 24.7. The second-order valence-corrected chi connectivity index (χ2v) is 11.8. The van der Waals surface area contributed by atoms with Crippen LogP contribution in [0.2, 0.25) is 0 Å². The summed E-state index contributed by atoms with van der Waals surface area (Å²) in [7, 11) is -4.33. The smallest absolute Gasteiger partial charge is 0.264 e. The van der Waals surface area contributed by atoms with Crippen molar-refractivity contribution in [2.45, 2.75) is 61.4 Å². The van der Waals surface area contributed by atoms with E-state index in [2.05, 4.69) is 9.71 Å². The molecule has 2 aliphatic rings. The molecule has 2 aliphatic carbocycles. The van der Waals surface area contributed by atoms with Gasteiger partial charge in [0.05, 0.1) is 22.6 Å². The molecule has 0 spiro atoms. The zero-order chi connectivity index (χ0) is 26.6. The molecule has 0 aliphatic heterocycles. The van der Waals surface area contributed by atoms with Gasteiger partial charge in [0.25, 0.3) is 10.0 Å². The summed E-state index contributed by atoms with van der Waals surface area (Å²) in [6.07, 6.45) is 7.63. The van der Waals surface area contributed by atoms with E-state index in [0.717, 1.165) is 61.7 Å². The Balaban J connectivity index is 1.41. The van der Waals surface area contributed by atoms with Crippen LogP contribution in [0.4, 0.5) is 20.3 Å². The van der Waals surface area contributed by atoms with Crippen molar-refractivity contribution in [3.8, 4) is 11.3 Å². The van der Waals surface area contributed by atoms with Gasteiger partial charge in [0.2, 0.25) is 0 Å². The minimum Gasteiger partial charge on any atom is -0.383 e. The van der Waals surface area contributed by atoms with Gasteiger partial charge in [-0.05, 0) is 74.3 Å². The SMILES string of the molecule is Nc1ncc(C2CCC(N)CC2)c2c1c(-c1ccc(NS(=O)(=O)c3ccccc3F)c(F)c1)nn2C1CC1. The van der Waals surface area contributed by atoms with Crippen LogP contribution in [0, 0.1) is 11.6 Å². The summed E-state index contributed by atoms with van der Waals surface area (Å²) >= 11 is 0. The Morgan fingerprint density at radius 1 is 0.974 bits per heavy atom. The van der Waals surface area contributed by atoms with Crippen molar-refractivity contribution < 1.29 is 17.2 Å². The summed E-state index contributed by atoms with van der Waals surface area (Å²) in [6.45, 7) is 0. The lowest BCUT2D eigenvalue weighted by atomic mass is 9.82. The number of hydrogen-bond donors (Lipinski definition) is 3. The van der Waals surface area contributed by atoms with Gasteiger partial charge < -0.3 is 11.5 Å². The third-order valence-electron chi connectivity index (χ3n) is 7.50. The predicted octanol–water partition coefficient (Wildman–Crippen LogP) is 5.08. The van der Waals surface area contributed by atoms with E-state index in [9.17, 15) is 12.8 Å². The lowest BCUT2D eigenvalue weighted by Crippen LogP contribution is -2.26. The van der Waals surface area contributed by atoms with Crippen LogP contribution in [0.5, 0.6) is 0 Å². The molecule has 38 heavy (non-hydrogen) atoms. The standard InChI is InChI=1S/C27H28F2N6O2S/c28-20-3-1-2-4-23(20)38(36,37)34-22-12-7-16(13-21(22)29)25-24-26(35(33-25)18-10-11-18)19(14-32-27(24)31)15-5-8-17(30)9-6-15/h1-4,7,12-15,17-18,34H,5-6,8-11,30H2,(H2,31,32). The molecule has 198 valence electrons. The number of fused-ring (bicyclic) bond motifs is 1. The van der Waals surface area contributed by atoms with Crippen molar-refractivity contribution in [2.75, 3.05) is 10.5 Å². The minimum atomic E-state index is -4.33. The quantitative estimate of drug-likeness (QED) is 0.314. The molecule has 0 amide bonds. The maximum absolute atomic E-state index is 15.3. The Bertz CT molecular complexity index is 1640. The molecule has 8 nitrogen and oxygen atoms in total. The van der Waals surface area contributed by atoms with E-state index in [1.54, 1.807) is 6.07 Å². The van der Waals surface area contributed by atoms with Crippen LogP contribution in [0.1, 0.15) is 56.0 Å². The normalized spacial score (nSPS) is 20.1. The first-order valence-corrected chi connectivity index (χ1v) is 14.2. The van der Waals surface area contributed by atoms with Crippen LogP contribution in [-0.4, -0.2) is 29.2 Å². The highest BCUT2D eigenvalue weighted by atomic mass is 32.2. The number of nitrogen functional groups attached to an aromatic ring is 1. The van der Waals surface area contributed by atoms with Crippen molar-refractivity contribution in [2.24, 2.45) is 5.73 Å². The molecule has 2 aromatic carbocycles. The van der Waals surface area contributed by atoms with Crippen LogP contribution in [0.3, 0.4) is 0 Å². The summed E-state index contributed by atoms with van der Waals surface area (Å²) in [4.78, 5) is 3.92. The van der Waals surface area contributed by atoms with Crippen molar-refractivity contribution >= 4 is 32.4 Å².